The minimum atomic E-state index is -0.262. The maximum atomic E-state index is 10.5. The number of aliphatic hydroxyl groups excluding tert-OH is 1. The van der Waals surface area contributed by atoms with E-state index >= 15 is 0 Å². The van der Waals surface area contributed by atoms with Crippen LogP contribution in [0.5, 0.6) is 0 Å². The van der Waals surface area contributed by atoms with E-state index in [2.05, 4.69) is 20.1 Å². The molecule has 0 amide bonds. The first-order chi connectivity index (χ1) is 11.5. The fraction of sp³-hybridized carbons (Fsp3) is 0.133. The highest BCUT2D eigenvalue weighted by Gasteiger charge is 2.21. The number of aromatic nitrogens is 5. The van der Waals surface area contributed by atoms with E-state index in [1.165, 1.54) is 16.0 Å². The highest BCUT2D eigenvalue weighted by Crippen LogP contribution is 2.32. The second-order valence-corrected chi connectivity index (χ2v) is 6.07. The van der Waals surface area contributed by atoms with Gasteiger partial charge in [-0.2, -0.15) is 10.4 Å². The number of rotatable bonds is 3. The molecule has 0 atom stereocenters. The Morgan fingerprint density at radius 2 is 2.21 bits per heavy atom. The molecule has 0 radical (unpaired) electrons. The molecule has 0 aliphatic rings. The van der Waals surface area contributed by atoms with Gasteiger partial charge in [0.1, 0.15) is 28.0 Å². The van der Waals surface area contributed by atoms with Gasteiger partial charge in [0.15, 0.2) is 5.76 Å². The molecule has 1 N–H and O–H groups in total. The van der Waals surface area contributed by atoms with Crippen LogP contribution in [0.3, 0.4) is 0 Å². The summed E-state index contributed by atoms with van der Waals surface area (Å²) in [5.41, 5.74) is 1.80. The van der Waals surface area contributed by atoms with E-state index in [0.717, 1.165) is 0 Å². The third kappa shape index (κ3) is 2.75. The number of nitriles is 1. The number of nitrogens with zero attached hydrogens (tertiary/aromatic N) is 6. The molecule has 0 saturated carbocycles. The van der Waals surface area contributed by atoms with E-state index in [1.54, 1.807) is 37.9 Å². The van der Waals surface area contributed by atoms with Crippen molar-refractivity contribution in [3.63, 3.8) is 0 Å². The molecule has 120 valence electrons. The van der Waals surface area contributed by atoms with Crippen molar-refractivity contribution in [1.82, 2.24) is 24.7 Å². The zero-order valence-corrected chi connectivity index (χ0v) is 14.3. The number of aliphatic hydroxyl groups is 1. The SMILES string of the molecule is Cc1nn(C)c(C(O)=C(C#N)c2csc(-c3cnccn3)n2)c1Cl. The highest BCUT2D eigenvalue weighted by molar-refractivity contribution is 7.13. The Hall–Kier alpha value is -2.76. The van der Waals surface area contributed by atoms with Crippen molar-refractivity contribution in [2.75, 3.05) is 0 Å². The van der Waals surface area contributed by atoms with Crippen LogP contribution >= 0.6 is 22.9 Å². The Morgan fingerprint density at radius 3 is 2.79 bits per heavy atom. The van der Waals surface area contributed by atoms with Gasteiger partial charge in [-0.15, -0.1) is 11.3 Å². The van der Waals surface area contributed by atoms with Gasteiger partial charge in [0, 0.05) is 24.8 Å². The standard InChI is InChI=1S/C15H11ClN6OS/c1-8-12(16)13(22(2)21-8)14(23)9(5-17)11-7-24-15(20-11)10-6-18-3-4-19-10/h3-4,6-7,23H,1-2H3. The lowest BCUT2D eigenvalue weighted by molar-refractivity contribution is 0.503. The number of hydrogen-bond acceptors (Lipinski definition) is 7. The van der Waals surface area contributed by atoms with E-state index < -0.39 is 0 Å². The molecular weight excluding hydrogens is 348 g/mol. The zero-order chi connectivity index (χ0) is 17.3. The van der Waals surface area contributed by atoms with Gasteiger partial charge in [-0.05, 0) is 6.92 Å². The van der Waals surface area contributed by atoms with E-state index in [9.17, 15) is 10.4 Å². The lowest BCUT2D eigenvalue weighted by Gasteiger charge is -2.04. The van der Waals surface area contributed by atoms with Gasteiger partial charge in [-0.25, -0.2) is 4.98 Å². The fourth-order valence-corrected chi connectivity index (χ4v) is 3.18. The summed E-state index contributed by atoms with van der Waals surface area (Å²) in [5.74, 6) is -0.262. The summed E-state index contributed by atoms with van der Waals surface area (Å²) in [6, 6.07) is 1.98. The molecule has 3 rings (SSSR count). The molecular formula is C15H11ClN6OS. The fourth-order valence-electron chi connectivity index (χ4n) is 2.16. The summed E-state index contributed by atoms with van der Waals surface area (Å²) in [6.07, 6.45) is 4.71. The molecule has 3 heterocycles. The number of allylic oxidation sites excluding steroid dienone is 1. The summed E-state index contributed by atoms with van der Waals surface area (Å²) in [7, 11) is 1.64. The van der Waals surface area contributed by atoms with Gasteiger partial charge in [-0.1, -0.05) is 11.6 Å². The van der Waals surface area contributed by atoms with Gasteiger partial charge in [-0.3, -0.25) is 14.6 Å². The van der Waals surface area contributed by atoms with E-state index in [1.807, 2.05) is 6.07 Å². The quantitative estimate of drug-likeness (QED) is 0.569. The van der Waals surface area contributed by atoms with E-state index in [-0.39, 0.29) is 17.0 Å². The van der Waals surface area contributed by atoms with Crippen LogP contribution in [0.2, 0.25) is 5.02 Å². The molecule has 24 heavy (non-hydrogen) atoms. The molecule has 0 aliphatic heterocycles. The molecule has 3 aromatic heterocycles. The number of hydrogen-bond donors (Lipinski definition) is 1. The third-order valence-corrected chi connectivity index (χ3v) is 4.58. The van der Waals surface area contributed by atoms with Gasteiger partial charge < -0.3 is 5.11 Å². The summed E-state index contributed by atoms with van der Waals surface area (Å²) < 4.78 is 1.43. The van der Waals surface area contributed by atoms with Crippen molar-refractivity contribution in [1.29, 1.82) is 5.26 Å². The average molecular weight is 359 g/mol. The van der Waals surface area contributed by atoms with E-state index in [4.69, 9.17) is 11.6 Å². The second-order valence-electron chi connectivity index (χ2n) is 4.84. The van der Waals surface area contributed by atoms with Crippen LogP contribution in [0.4, 0.5) is 0 Å². The van der Waals surface area contributed by atoms with Crippen LogP contribution in [-0.4, -0.2) is 29.8 Å². The first-order valence-electron chi connectivity index (χ1n) is 6.78. The van der Waals surface area contributed by atoms with E-state index in [0.29, 0.717) is 27.1 Å². The average Bonchev–Trinajstić information content (AvgIpc) is 3.15. The predicted octanol–water partition coefficient (Wildman–Crippen LogP) is 3.25. The zero-order valence-electron chi connectivity index (χ0n) is 12.7. The number of halogens is 1. The van der Waals surface area contributed by atoms with Gasteiger partial charge in [0.25, 0.3) is 0 Å². The van der Waals surface area contributed by atoms with Crippen molar-refractivity contribution in [3.05, 3.63) is 46.1 Å². The Balaban J connectivity index is 2.10. The lowest BCUT2D eigenvalue weighted by Crippen LogP contribution is -2.00. The lowest BCUT2D eigenvalue weighted by atomic mass is 10.1. The van der Waals surface area contributed by atoms with Crippen molar-refractivity contribution >= 4 is 34.3 Å². The van der Waals surface area contributed by atoms with Crippen LogP contribution in [0.25, 0.3) is 22.0 Å². The second kappa shape index (κ2) is 6.39. The van der Waals surface area contributed by atoms with Gasteiger partial charge in [0.05, 0.1) is 22.6 Å². The summed E-state index contributed by atoms with van der Waals surface area (Å²) in [6.45, 7) is 1.72. The molecule has 9 heteroatoms. The van der Waals surface area contributed by atoms with Gasteiger partial charge in [0.2, 0.25) is 0 Å². The minimum Gasteiger partial charge on any atom is -0.504 e. The third-order valence-electron chi connectivity index (χ3n) is 3.26. The van der Waals surface area contributed by atoms with Crippen LogP contribution in [0.15, 0.2) is 24.0 Å². The first-order valence-corrected chi connectivity index (χ1v) is 8.03. The Kier molecular flexibility index (Phi) is 4.29. The van der Waals surface area contributed by atoms with Crippen molar-refractivity contribution in [2.24, 2.45) is 7.05 Å². The molecule has 0 fully saturated rings. The summed E-state index contributed by atoms with van der Waals surface area (Å²) >= 11 is 7.48. The Labute approximate surface area is 146 Å². The van der Waals surface area contributed by atoms with Crippen molar-refractivity contribution in [2.45, 2.75) is 6.92 Å². The van der Waals surface area contributed by atoms with Gasteiger partial charge >= 0.3 is 0 Å². The number of aryl methyl sites for hydroxylation is 2. The Morgan fingerprint density at radius 1 is 1.42 bits per heavy atom. The molecule has 0 spiro atoms. The van der Waals surface area contributed by atoms with Crippen molar-refractivity contribution < 1.29 is 5.11 Å². The molecule has 0 aromatic carbocycles. The maximum absolute atomic E-state index is 10.5. The first kappa shape index (κ1) is 16.1. The normalized spacial score (nSPS) is 11.9. The molecule has 7 nitrogen and oxygen atoms in total. The van der Waals surface area contributed by atoms with Crippen LogP contribution in [0.1, 0.15) is 17.1 Å². The van der Waals surface area contributed by atoms with Crippen LogP contribution in [-0.2, 0) is 7.05 Å². The molecule has 0 saturated heterocycles. The monoisotopic (exact) mass is 358 g/mol. The highest BCUT2D eigenvalue weighted by atomic mass is 35.5. The van der Waals surface area contributed by atoms with Crippen LogP contribution < -0.4 is 0 Å². The molecule has 0 unspecified atom stereocenters. The molecule has 0 aliphatic carbocycles. The van der Waals surface area contributed by atoms with Crippen LogP contribution in [0, 0.1) is 18.3 Å². The topological polar surface area (TPSA) is 101 Å². The predicted molar refractivity (Wildman–Crippen MR) is 91.2 cm³/mol. The maximum Gasteiger partial charge on any atom is 0.162 e. The smallest absolute Gasteiger partial charge is 0.162 e. The number of thiazole rings is 1. The largest absolute Gasteiger partial charge is 0.504 e. The summed E-state index contributed by atoms with van der Waals surface area (Å²) in [4.78, 5) is 12.5. The Bertz CT molecular complexity index is 970. The summed E-state index contributed by atoms with van der Waals surface area (Å²) in [5, 5.41) is 26.7. The molecule has 0 bridgehead atoms. The molecule has 3 aromatic rings. The minimum absolute atomic E-state index is 0.0197. The van der Waals surface area contributed by atoms with Crippen molar-refractivity contribution in [3.8, 4) is 16.8 Å².